The molecule has 1 radical (unpaired) electrons. The second-order valence-electron chi connectivity index (χ2n) is 5.86. The van der Waals surface area contributed by atoms with Gasteiger partial charge < -0.3 is 11.1 Å². The van der Waals surface area contributed by atoms with E-state index in [0.717, 1.165) is 5.56 Å². The third-order valence-electron chi connectivity index (χ3n) is 3.92. The molecule has 3 rings (SSSR count). The Morgan fingerprint density at radius 3 is 2.23 bits per heavy atom. The van der Waals surface area contributed by atoms with Crippen LogP contribution in [0, 0.1) is 6.92 Å². The average Bonchev–Trinajstić information content (AvgIpc) is 2.66. The minimum atomic E-state index is -0.363. The van der Waals surface area contributed by atoms with Crippen LogP contribution < -0.4 is 16.4 Å². The van der Waals surface area contributed by atoms with Crippen molar-refractivity contribution in [2.45, 2.75) is 6.92 Å². The van der Waals surface area contributed by atoms with Gasteiger partial charge in [0.05, 0.1) is 5.69 Å². The van der Waals surface area contributed by atoms with Crippen LogP contribution in [0.2, 0.25) is 0 Å². The number of carbonyl (C=O) groups excluding carboxylic acids is 2. The van der Waals surface area contributed by atoms with E-state index in [1.54, 1.807) is 66.7 Å². The molecule has 0 saturated carbocycles. The van der Waals surface area contributed by atoms with Gasteiger partial charge in [0, 0.05) is 22.5 Å². The summed E-state index contributed by atoms with van der Waals surface area (Å²) in [5.41, 5.74) is 9.46. The number of aryl methyl sites for hydroxylation is 1. The van der Waals surface area contributed by atoms with Crippen molar-refractivity contribution < 1.29 is 9.59 Å². The second kappa shape index (κ2) is 7.53. The van der Waals surface area contributed by atoms with Crippen LogP contribution in [-0.4, -0.2) is 11.8 Å². The van der Waals surface area contributed by atoms with Gasteiger partial charge in [0.25, 0.3) is 11.8 Å². The maximum absolute atomic E-state index is 12.2. The summed E-state index contributed by atoms with van der Waals surface area (Å²) in [6.07, 6.45) is 0. The molecule has 0 aromatic heterocycles. The van der Waals surface area contributed by atoms with Gasteiger partial charge in [-0.3, -0.25) is 9.59 Å². The summed E-state index contributed by atoms with van der Waals surface area (Å²) in [5, 5.41) is 6.87. The highest BCUT2D eigenvalue weighted by Crippen LogP contribution is 2.18. The highest BCUT2D eigenvalue weighted by Gasteiger charge is 2.10. The molecule has 3 aromatic rings. The van der Waals surface area contributed by atoms with Gasteiger partial charge in [-0.25, -0.2) is 5.32 Å². The summed E-state index contributed by atoms with van der Waals surface area (Å²) in [7, 11) is 0. The maximum atomic E-state index is 12.2. The number of nitrogen functional groups attached to an aromatic ring is 1. The Balaban J connectivity index is 1.65. The van der Waals surface area contributed by atoms with E-state index < -0.39 is 0 Å². The van der Waals surface area contributed by atoms with Crippen molar-refractivity contribution in [3.8, 4) is 0 Å². The summed E-state index contributed by atoms with van der Waals surface area (Å²) in [4.78, 5) is 24.4. The second-order valence-corrected chi connectivity index (χ2v) is 5.86. The van der Waals surface area contributed by atoms with Gasteiger partial charge in [-0.05, 0) is 61.0 Å². The molecule has 26 heavy (non-hydrogen) atoms. The van der Waals surface area contributed by atoms with Crippen LogP contribution in [0.4, 0.5) is 17.1 Å². The fourth-order valence-corrected chi connectivity index (χ4v) is 2.37. The average molecular weight is 344 g/mol. The molecule has 3 aromatic carbocycles. The van der Waals surface area contributed by atoms with Crippen molar-refractivity contribution in [1.82, 2.24) is 5.32 Å². The molecule has 0 saturated heterocycles. The summed E-state index contributed by atoms with van der Waals surface area (Å²) in [6, 6.07) is 20.8. The minimum Gasteiger partial charge on any atom is -0.398 e. The standard InChI is InChI=1S/C21H18N3O2/c1-14-7-8-16(13-19(14)22)21(26)24-18-11-9-17(10-12-18)23-20(25)15-5-3-2-4-6-15/h2-13H,22H2,1H3,(H,23,25). The Kier molecular flexibility index (Phi) is 4.99. The quantitative estimate of drug-likeness (QED) is 0.704. The molecular weight excluding hydrogens is 326 g/mol. The normalized spacial score (nSPS) is 10.2. The van der Waals surface area contributed by atoms with E-state index in [-0.39, 0.29) is 11.8 Å². The summed E-state index contributed by atoms with van der Waals surface area (Å²) in [5.74, 6) is -0.556. The number of rotatable bonds is 4. The highest BCUT2D eigenvalue weighted by atomic mass is 16.2. The fraction of sp³-hybridized carbons (Fsp3) is 0.0476. The number of amides is 2. The SMILES string of the molecule is Cc1ccc(C(=O)[N]c2ccc(NC(=O)c3ccccc3)cc2)cc1N. The van der Waals surface area contributed by atoms with Crippen LogP contribution in [0.3, 0.4) is 0 Å². The first-order chi connectivity index (χ1) is 12.5. The predicted molar refractivity (Wildman–Crippen MR) is 103 cm³/mol. The third-order valence-corrected chi connectivity index (χ3v) is 3.92. The summed E-state index contributed by atoms with van der Waals surface area (Å²) >= 11 is 0. The monoisotopic (exact) mass is 344 g/mol. The molecule has 0 spiro atoms. The first kappa shape index (κ1) is 17.2. The zero-order valence-electron chi connectivity index (χ0n) is 14.3. The Labute approximate surface area is 151 Å². The molecule has 0 unspecified atom stereocenters. The van der Waals surface area contributed by atoms with E-state index in [9.17, 15) is 9.59 Å². The lowest BCUT2D eigenvalue weighted by Crippen LogP contribution is -2.13. The van der Waals surface area contributed by atoms with E-state index in [1.165, 1.54) is 0 Å². The van der Waals surface area contributed by atoms with Crippen molar-refractivity contribution >= 4 is 28.9 Å². The number of hydrogen-bond donors (Lipinski definition) is 2. The maximum Gasteiger partial charge on any atom is 0.277 e. The zero-order chi connectivity index (χ0) is 18.5. The largest absolute Gasteiger partial charge is 0.398 e. The number of benzene rings is 3. The molecule has 5 heteroatoms. The van der Waals surface area contributed by atoms with Crippen molar-refractivity contribution in [1.29, 1.82) is 0 Å². The first-order valence-electron chi connectivity index (χ1n) is 8.11. The number of anilines is 2. The summed E-state index contributed by atoms with van der Waals surface area (Å²) < 4.78 is 0. The molecule has 0 fully saturated rings. The Morgan fingerprint density at radius 2 is 1.58 bits per heavy atom. The van der Waals surface area contributed by atoms with E-state index in [0.29, 0.717) is 28.2 Å². The van der Waals surface area contributed by atoms with Gasteiger partial charge in [0.2, 0.25) is 0 Å². The van der Waals surface area contributed by atoms with E-state index in [1.807, 2.05) is 13.0 Å². The molecule has 0 aliphatic carbocycles. The molecule has 5 nitrogen and oxygen atoms in total. The van der Waals surface area contributed by atoms with E-state index in [2.05, 4.69) is 10.6 Å². The van der Waals surface area contributed by atoms with Crippen LogP contribution in [0.25, 0.3) is 0 Å². The molecule has 0 aliphatic rings. The molecule has 0 aliphatic heterocycles. The predicted octanol–water partition coefficient (Wildman–Crippen LogP) is 3.91. The van der Waals surface area contributed by atoms with Crippen molar-refractivity contribution in [2.24, 2.45) is 0 Å². The molecule has 129 valence electrons. The first-order valence-corrected chi connectivity index (χ1v) is 8.11. The number of nitrogens with one attached hydrogen (secondary N) is 1. The Morgan fingerprint density at radius 1 is 0.885 bits per heavy atom. The molecule has 0 heterocycles. The third kappa shape index (κ3) is 4.08. The molecular formula is C21H18N3O2. The number of nitrogens with zero attached hydrogens (tertiary/aromatic N) is 1. The Hall–Kier alpha value is -3.60. The Bertz CT molecular complexity index is 935. The van der Waals surface area contributed by atoms with Crippen molar-refractivity contribution in [2.75, 3.05) is 11.1 Å². The van der Waals surface area contributed by atoms with Crippen LogP contribution in [0.15, 0.2) is 72.8 Å². The minimum absolute atomic E-state index is 0.193. The van der Waals surface area contributed by atoms with Crippen LogP contribution in [-0.2, 0) is 0 Å². The van der Waals surface area contributed by atoms with Gasteiger partial charge in [0.15, 0.2) is 0 Å². The van der Waals surface area contributed by atoms with Gasteiger partial charge in [0.1, 0.15) is 0 Å². The lowest BCUT2D eigenvalue weighted by atomic mass is 10.1. The van der Waals surface area contributed by atoms with Crippen molar-refractivity contribution in [3.63, 3.8) is 0 Å². The lowest BCUT2D eigenvalue weighted by molar-refractivity contribution is 0.0967. The van der Waals surface area contributed by atoms with Crippen LogP contribution in [0.5, 0.6) is 0 Å². The van der Waals surface area contributed by atoms with Crippen LogP contribution in [0.1, 0.15) is 26.3 Å². The molecule has 0 atom stereocenters. The summed E-state index contributed by atoms with van der Waals surface area (Å²) in [6.45, 7) is 1.88. The molecule has 3 N–H and O–H groups in total. The van der Waals surface area contributed by atoms with Gasteiger partial charge in [-0.1, -0.05) is 24.3 Å². The smallest absolute Gasteiger partial charge is 0.277 e. The zero-order valence-corrected chi connectivity index (χ0v) is 14.3. The number of hydrogen-bond acceptors (Lipinski definition) is 3. The van der Waals surface area contributed by atoms with Crippen LogP contribution >= 0.6 is 0 Å². The van der Waals surface area contributed by atoms with E-state index >= 15 is 0 Å². The number of carbonyl (C=O) groups is 2. The fourth-order valence-electron chi connectivity index (χ4n) is 2.37. The van der Waals surface area contributed by atoms with Gasteiger partial charge in [-0.15, -0.1) is 0 Å². The van der Waals surface area contributed by atoms with Gasteiger partial charge >= 0.3 is 0 Å². The topological polar surface area (TPSA) is 86.3 Å². The number of nitrogens with two attached hydrogens (primary N) is 1. The van der Waals surface area contributed by atoms with Gasteiger partial charge in [-0.2, -0.15) is 0 Å². The highest BCUT2D eigenvalue weighted by molar-refractivity contribution is 6.04. The van der Waals surface area contributed by atoms with E-state index in [4.69, 9.17) is 5.73 Å². The molecule has 0 bridgehead atoms. The molecule has 2 amide bonds. The van der Waals surface area contributed by atoms with Crippen molar-refractivity contribution in [3.05, 3.63) is 89.5 Å². The lowest BCUT2D eigenvalue weighted by Gasteiger charge is -2.07.